The van der Waals surface area contributed by atoms with E-state index in [4.69, 9.17) is 10.2 Å². The van der Waals surface area contributed by atoms with E-state index in [0.29, 0.717) is 17.9 Å². The number of pyridine rings is 1. The predicted octanol–water partition coefficient (Wildman–Crippen LogP) is 3.29. The van der Waals surface area contributed by atoms with Crippen molar-refractivity contribution in [2.45, 2.75) is 20.0 Å². The summed E-state index contributed by atoms with van der Waals surface area (Å²) in [6.07, 6.45) is 1.41. The Hall–Kier alpha value is -2.18. The summed E-state index contributed by atoms with van der Waals surface area (Å²) in [5.74, 6) is 0.372. The van der Waals surface area contributed by atoms with Crippen LogP contribution >= 0.6 is 15.9 Å². The molecule has 2 aromatic heterocycles. The maximum Gasteiger partial charge on any atom is 0.254 e. The molecule has 2 heterocycles. The number of hydrogen-bond donors (Lipinski definition) is 2. The molecule has 118 valence electrons. The van der Waals surface area contributed by atoms with E-state index in [1.807, 2.05) is 25.1 Å². The normalized spacial score (nSPS) is 10.9. The first-order chi connectivity index (χ1) is 11.1. The summed E-state index contributed by atoms with van der Waals surface area (Å²) in [6, 6.07) is 9.66. The number of nitrogens with zero attached hydrogens (tertiary/aromatic N) is 1. The number of nitrogens with one attached hydrogen (secondary N) is 1. The predicted molar refractivity (Wildman–Crippen MR) is 91.9 cm³/mol. The molecule has 0 radical (unpaired) electrons. The van der Waals surface area contributed by atoms with Gasteiger partial charge in [0.1, 0.15) is 12.0 Å². The van der Waals surface area contributed by atoms with Crippen molar-refractivity contribution in [3.63, 3.8) is 0 Å². The van der Waals surface area contributed by atoms with Gasteiger partial charge in [0.25, 0.3) is 5.91 Å². The lowest BCUT2D eigenvalue weighted by atomic mass is 10.1. The molecule has 1 amide bonds. The van der Waals surface area contributed by atoms with Crippen molar-refractivity contribution in [2.75, 3.05) is 0 Å². The molecule has 1 aromatic carbocycles. The van der Waals surface area contributed by atoms with E-state index in [1.165, 1.54) is 11.8 Å². The zero-order valence-corrected chi connectivity index (χ0v) is 14.2. The van der Waals surface area contributed by atoms with Gasteiger partial charge in [0.15, 0.2) is 0 Å². The Morgan fingerprint density at radius 1 is 1.35 bits per heavy atom. The van der Waals surface area contributed by atoms with Gasteiger partial charge in [-0.3, -0.25) is 4.79 Å². The van der Waals surface area contributed by atoms with Crippen molar-refractivity contribution in [2.24, 2.45) is 5.73 Å². The Labute approximate surface area is 142 Å². The second kappa shape index (κ2) is 6.52. The molecule has 0 bridgehead atoms. The first-order valence-corrected chi connectivity index (χ1v) is 7.97. The third-order valence-electron chi connectivity index (χ3n) is 3.50. The van der Waals surface area contributed by atoms with E-state index in [-0.39, 0.29) is 12.5 Å². The largest absolute Gasteiger partial charge is 0.467 e. The molecule has 0 aliphatic heterocycles. The fourth-order valence-electron chi connectivity index (χ4n) is 2.35. The third-order valence-corrected chi connectivity index (χ3v) is 4.10. The van der Waals surface area contributed by atoms with Gasteiger partial charge in [-0.05, 0) is 52.7 Å². The lowest BCUT2D eigenvalue weighted by Gasteiger charge is -2.07. The van der Waals surface area contributed by atoms with Gasteiger partial charge in [-0.1, -0.05) is 6.07 Å². The molecule has 0 unspecified atom stereocenters. The number of amides is 1. The van der Waals surface area contributed by atoms with E-state index in [2.05, 4.69) is 32.3 Å². The van der Waals surface area contributed by atoms with Gasteiger partial charge >= 0.3 is 0 Å². The minimum absolute atomic E-state index is 0.210. The number of furan rings is 1. The maximum absolute atomic E-state index is 12.1. The van der Waals surface area contributed by atoms with Crippen LogP contribution in [0.15, 0.2) is 45.5 Å². The van der Waals surface area contributed by atoms with Gasteiger partial charge in [0, 0.05) is 9.86 Å². The molecule has 3 aromatic rings. The van der Waals surface area contributed by atoms with Crippen LogP contribution in [0.1, 0.15) is 27.4 Å². The summed E-state index contributed by atoms with van der Waals surface area (Å²) < 4.78 is 6.11. The smallest absolute Gasteiger partial charge is 0.254 e. The maximum atomic E-state index is 12.1. The van der Waals surface area contributed by atoms with Crippen LogP contribution in [0.25, 0.3) is 10.9 Å². The number of aryl methyl sites for hydroxylation is 1. The van der Waals surface area contributed by atoms with E-state index < -0.39 is 0 Å². The molecule has 3 rings (SSSR count). The highest BCUT2D eigenvalue weighted by Gasteiger charge is 2.10. The average molecular weight is 374 g/mol. The van der Waals surface area contributed by atoms with Crippen molar-refractivity contribution in [3.05, 3.63) is 63.6 Å². The first-order valence-electron chi connectivity index (χ1n) is 7.18. The number of carbonyl (C=O) groups excluding carboxylic acids is 1. The van der Waals surface area contributed by atoms with E-state index in [1.54, 1.807) is 6.07 Å². The van der Waals surface area contributed by atoms with Gasteiger partial charge in [-0.25, -0.2) is 4.98 Å². The summed E-state index contributed by atoms with van der Waals surface area (Å²) in [6.45, 7) is 2.66. The highest BCUT2D eigenvalue weighted by molar-refractivity contribution is 9.10. The standard InChI is InChI=1S/C17H16BrN3O2/c1-10-4-11-2-3-13(21-16(11)15(18)5-10)8-20-17(22)12-6-14(7-19)23-9-12/h2-6,9H,7-8,19H2,1H3,(H,20,22). The van der Waals surface area contributed by atoms with Crippen molar-refractivity contribution in [1.82, 2.24) is 10.3 Å². The van der Waals surface area contributed by atoms with Gasteiger partial charge < -0.3 is 15.5 Å². The lowest BCUT2D eigenvalue weighted by Crippen LogP contribution is -2.22. The lowest BCUT2D eigenvalue weighted by molar-refractivity contribution is 0.0950. The molecule has 0 atom stereocenters. The summed E-state index contributed by atoms with van der Waals surface area (Å²) in [5, 5.41) is 3.89. The minimum Gasteiger partial charge on any atom is -0.467 e. The number of rotatable bonds is 4. The fourth-order valence-corrected chi connectivity index (χ4v) is 3.03. The van der Waals surface area contributed by atoms with Gasteiger partial charge in [-0.2, -0.15) is 0 Å². The van der Waals surface area contributed by atoms with Crippen molar-refractivity contribution in [1.29, 1.82) is 0 Å². The number of halogens is 1. The molecule has 0 aliphatic carbocycles. The Balaban J connectivity index is 1.75. The van der Waals surface area contributed by atoms with Gasteiger partial charge in [0.2, 0.25) is 0 Å². The molecule has 0 spiro atoms. The number of benzene rings is 1. The summed E-state index contributed by atoms with van der Waals surface area (Å²) in [4.78, 5) is 16.7. The average Bonchev–Trinajstić information content (AvgIpc) is 3.02. The van der Waals surface area contributed by atoms with Crippen LogP contribution in [0.4, 0.5) is 0 Å². The van der Waals surface area contributed by atoms with Gasteiger partial charge in [-0.15, -0.1) is 0 Å². The Morgan fingerprint density at radius 3 is 2.91 bits per heavy atom. The summed E-state index contributed by atoms with van der Waals surface area (Å²) in [7, 11) is 0. The van der Waals surface area contributed by atoms with Crippen LogP contribution in [-0.2, 0) is 13.1 Å². The van der Waals surface area contributed by atoms with E-state index >= 15 is 0 Å². The fraction of sp³-hybridized carbons (Fsp3) is 0.176. The van der Waals surface area contributed by atoms with Crippen LogP contribution in [-0.4, -0.2) is 10.9 Å². The van der Waals surface area contributed by atoms with Crippen LogP contribution in [0, 0.1) is 6.92 Å². The topological polar surface area (TPSA) is 81.2 Å². The first kappa shape index (κ1) is 15.7. The monoisotopic (exact) mass is 373 g/mol. The zero-order valence-electron chi connectivity index (χ0n) is 12.6. The number of nitrogens with two attached hydrogens (primary N) is 1. The Kier molecular flexibility index (Phi) is 4.45. The second-order valence-corrected chi connectivity index (χ2v) is 6.16. The molecule has 0 saturated carbocycles. The van der Waals surface area contributed by atoms with Crippen LogP contribution in [0.5, 0.6) is 0 Å². The van der Waals surface area contributed by atoms with E-state index in [0.717, 1.165) is 21.1 Å². The molecule has 5 nitrogen and oxygen atoms in total. The van der Waals surface area contributed by atoms with Crippen LogP contribution in [0.2, 0.25) is 0 Å². The molecule has 3 N–H and O–H groups in total. The number of fused-ring (bicyclic) bond motifs is 1. The van der Waals surface area contributed by atoms with E-state index in [9.17, 15) is 4.79 Å². The highest BCUT2D eigenvalue weighted by Crippen LogP contribution is 2.24. The SMILES string of the molecule is Cc1cc(Br)c2nc(CNC(=O)c3coc(CN)c3)ccc2c1. The molecule has 6 heteroatoms. The van der Waals surface area contributed by atoms with Crippen LogP contribution in [0.3, 0.4) is 0 Å². The van der Waals surface area contributed by atoms with Crippen molar-refractivity contribution >= 4 is 32.7 Å². The molecule has 0 aliphatic rings. The highest BCUT2D eigenvalue weighted by atomic mass is 79.9. The molecular formula is C17H16BrN3O2. The quantitative estimate of drug-likeness (QED) is 0.734. The number of hydrogen-bond acceptors (Lipinski definition) is 4. The third kappa shape index (κ3) is 3.43. The molecule has 23 heavy (non-hydrogen) atoms. The zero-order chi connectivity index (χ0) is 16.4. The number of carbonyl (C=O) groups is 1. The Bertz CT molecular complexity index is 873. The van der Waals surface area contributed by atoms with Crippen molar-refractivity contribution in [3.8, 4) is 0 Å². The number of aromatic nitrogens is 1. The minimum atomic E-state index is -0.210. The van der Waals surface area contributed by atoms with Crippen molar-refractivity contribution < 1.29 is 9.21 Å². The molecule has 0 fully saturated rings. The molecule has 0 saturated heterocycles. The Morgan fingerprint density at radius 2 is 2.17 bits per heavy atom. The summed E-state index contributed by atoms with van der Waals surface area (Å²) >= 11 is 3.54. The second-order valence-electron chi connectivity index (χ2n) is 5.31. The van der Waals surface area contributed by atoms with Crippen LogP contribution < -0.4 is 11.1 Å². The summed E-state index contributed by atoms with van der Waals surface area (Å²) in [5.41, 5.74) is 8.77. The molecular weight excluding hydrogens is 358 g/mol. The van der Waals surface area contributed by atoms with Gasteiger partial charge in [0.05, 0.1) is 29.9 Å².